The van der Waals surface area contributed by atoms with E-state index in [1.165, 1.54) is 0 Å². The Hall–Kier alpha value is -3.63. The van der Waals surface area contributed by atoms with Crippen molar-refractivity contribution >= 4 is 28.0 Å². The number of piperidine rings is 1. The maximum absolute atomic E-state index is 13.8. The first-order chi connectivity index (χ1) is 19.9. The zero-order valence-corrected chi connectivity index (χ0v) is 24.2. The molecule has 7 rings (SSSR count). The highest BCUT2D eigenvalue weighted by molar-refractivity contribution is 6.00. The lowest BCUT2D eigenvalue weighted by atomic mass is 9.82. The van der Waals surface area contributed by atoms with Crippen LogP contribution in [0.25, 0.3) is 33.6 Å². The van der Waals surface area contributed by atoms with E-state index in [1.807, 2.05) is 29.2 Å². The number of ether oxygens (including phenoxy) is 3. The number of amides is 1. The summed E-state index contributed by atoms with van der Waals surface area (Å²) in [5, 5.41) is 1.02. The Bertz CT molecular complexity index is 1640. The summed E-state index contributed by atoms with van der Waals surface area (Å²) in [6.07, 6.45) is 4.37. The van der Waals surface area contributed by atoms with Gasteiger partial charge >= 0.3 is 0 Å². The summed E-state index contributed by atoms with van der Waals surface area (Å²) in [6, 6.07) is 10.0. The zero-order valence-electron chi connectivity index (χ0n) is 24.2. The van der Waals surface area contributed by atoms with Crippen molar-refractivity contribution < 1.29 is 19.0 Å². The van der Waals surface area contributed by atoms with E-state index in [-0.39, 0.29) is 18.0 Å². The van der Waals surface area contributed by atoms with Crippen molar-refractivity contribution in [2.75, 3.05) is 27.9 Å². The highest BCUT2D eigenvalue weighted by Crippen LogP contribution is 2.41. The summed E-state index contributed by atoms with van der Waals surface area (Å²) in [5.41, 5.74) is 10.5. The molecule has 2 saturated carbocycles. The lowest BCUT2D eigenvalue weighted by molar-refractivity contribution is -0.00392. The largest absolute Gasteiger partial charge is 0.494 e. The quantitative estimate of drug-likeness (QED) is 0.347. The molecule has 41 heavy (non-hydrogen) atoms. The van der Waals surface area contributed by atoms with Crippen LogP contribution in [0.15, 0.2) is 30.3 Å². The second kappa shape index (κ2) is 10.0. The van der Waals surface area contributed by atoms with Crippen LogP contribution in [0.1, 0.15) is 43.0 Å². The molecule has 3 aliphatic rings. The number of hydrogen-bond donors (Lipinski definition) is 1. The van der Waals surface area contributed by atoms with Crippen molar-refractivity contribution in [1.82, 2.24) is 24.0 Å². The predicted octanol–water partition coefficient (Wildman–Crippen LogP) is 4.08. The van der Waals surface area contributed by atoms with Gasteiger partial charge in [-0.05, 0) is 68.7 Å². The van der Waals surface area contributed by atoms with E-state index in [4.69, 9.17) is 29.9 Å². The van der Waals surface area contributed by atoms with E-state index in [1.54, 1.807) is 21.3 Å². The molecule has 2 N–H and O–H groups in total. The molecule has 0 spiro atoms. The van der Waals surface area contributed by atoms with Crippen LogP contribution in [-0.4, -0.2) is 76.0 Å². The van der Waals surface area contributed by atoms with Gasteiger partial charge in [0, 0.05) is 55.8 Å². The van der Waals surface area contributed by atoms with E-state index < -0.39 is 0 Å². The second-order valence-electron chi connectivity index (χ2n) is 11.8. The predicted molar refractivity (Wildman–Crippen MR) is 156 cm³/mol. The van der Waals surface area contributed by atoms with E-state index in [2.05, 4.69) is 22.1 Å². The number of carbonyl (C=O) groups is 1. The highest BCUT2D eigenvalue weighted by Gasteiger charge is 2.47. The topological polar surface area (TPSA) is 110 Å². The molecule has 3 fully saturated rings. The first-order valence-corrected chi connectivity index (χ1v) is 14.7. The Kier molecular flexibility index (Phi) is 6.43. The number of hydrogen-bond acceptors (Lipinski definition) is 7. The molecule has 0 radical (unpaired) electrons. The minimum absolute atomic E-state index is 0.00449. The smallest absolute Gasteiger partial charge is 0.254 e. The van der Waals surface area contributed by atoms with Crippen molar-refractivity contribution in [2.45, 2.75) is 63.9 Å². The zero-order chi connectivity index (χ0) is 28.4. The molecule has 1 saturated heterocycles. The van der Waals surface area contributed by atoms with E-state index in [9.17, 15) is 4.79 Å². The SMILES string of the molecule is CCn1c(-c2nc3cc(C(=O)N4C[C@H]5CC[C@@H]4C5N)cc(OC)c3n2CC2CC(OC)C2)cc2ccc(OC)nc21. The fourth-order valence-electron chi connectivity index (χ4n) is 7.33. The normalized spacial score (nSPS) is 25.3. The van der Waals surface area contributed by atoms with Crippen molar-refractivity contribution in [1.29, 1.82) is 0 Å². The summed E-state index contributed by atoms with van der Waals surface area (Å²) < 4.78 is 21.4. The van der Waals surface area contributed by atoms with Crippen molar-refractivity contribution in [3.63, 3.8) is 0 Å². The van der Waals surface area contributed by atoms with Crippen LogP contribution in [-0.2, 0) is 17.8 Å². The number of aryl methyl sites for hydroxylation is 1. The van der Waals surface area contributed by atoms with Gasteiger partial charge in [0.05, 0.1) is 31.5 Å². The third-order valence-electron chi connectivity index (χ3n) is 9.63. The number of carbonyl (C=O) groups excluding carboxylic acids is 1. The maximum atomic E-state index is 13.8. The summed E-state index contributed by atoms with van der Waals surface area (Å²) in [4.78, 5) is 25.7. The van der Waals surface area contributed by atoms with Crippen molar-refractivity contribution in [3.05, 3.63) is 35.9 Å². The van der Waals surface area contributed by atoms with Crippen molar-refractivity contribution in [3.8, 4) is 23.1 Å². The fourth-order valence-corrected chi connectivity index (χ4v) is 7.33. The summed E-state index contributed by atoms with van der Waals surface area (Å²) >= 11 is 0. The molecule has 2 bridgehead atoms. The molecule has 1 amide bonds. The number of benzene rings is 1. The van der Waals surface area contributed by atoms with Gasteiger partial charge in [0.15, 0.2) is 5.82 Å². The number of aromatic nitrogens is 4. The summed E-state index contributed by atoms with van der Waals surface area (Å²) in [5.74, 6) is 2.92. The highest BCUT2D eigenvalue weighted by atomic mass is 16.5. The lowest BCUT2D eigenvalue weighted by Gasteiger charge is -2.34. The number of likely N-dealkylation sites (tertiary alicyclic amines) is 1. The first-order valence-electron chi connectivity index (χ1n) is 14.7. The summed E-state index contributed by atoms with van der Waals surface area (Å²) in [6.45, 7) is 4.33. The standard InChI is InChI=1S/C31H38N6O4/c1-5-35-24(13-18-7-9-26(41-4)34-29(18)35)30-33-22-12-20(31(38)36-16-19-6-8-23(36)27(19)32)14-25(40-3)28(22)37(30)15-17-10-21(11-17)39-2/h7,9,12-14,17,19,21,23,27H,5-6,8,10-11,15-16,32H2,1-4H3/t17?,19-,21?,23-,27?/m1/s1. The third kappa shape index (κ3) is 4.10. The lowest BCUT2D eigenvalue weighted by Crippen LogP contribution is -2.41. The van der Waals surface area contributed by atoms with Crippen LogP contribution in [0.2, 0.25) is 0 Å². The third-order valence-corrected chi connectivity index (χ3v) is 9.63. The maximum Gasteiger partial charge on any atom is 0.254 e. The van der Waals surface area contributed by atoms with Crippen molar-refractivity contribution in [2.24, 2.45) is 17.6 Å². The summed E-state index contributed by atoms with van der Waals surface area (Å²) in [7, 11) is 5.07. The molecule has 1 aliphatic heterocycles. The number of rotatable bonds is 8. The van der Waals surface area contributed by atoms with E-state index in [0.29, 0.717) is 35.1 Å². The minimum Gasteiger partial charge on any atom is -0.494 e. The molecule has 1 aromatic carbocycles. The van der Waals surface area contributed by atoms with Crippen LogP contribution in [0.4, 0.5) is 0 Å². The van der Waals surface area contributed by atoms with Gasteiger partial charge in [0.2, 0.25) is 5.88 Å². The van der Waals surface area contributed by atoms with Gasteiger partial charge in [0.25, 0.3) is 5.91 Å². The number of imidazole rings is 1. The van der Waals surface area contributed by atoms with Gasteiger partial charge in [-0.2, -0.15) is 4.98 Å². The molecular weight excluding hydrogens is 520 g/mol. The fraction of sp³-hybridized carbons (Fsp3) is 0.516. The van der Waals surface area contributed by atoms with Crippen LogP contribution in [0.3, 0.4) is 0 Å². The Balaban J connectivity index is 1.37. The number of pyridine rings is 1. The molecule has 216 valence electrons. The van der Waals surface area contributed by atoms with Gasteiger partial charge in [-0.15, -0.1) is 0 Å². The van der Waals surface area contributed by atoms with Gasteiger partial charge in [-0.3, -0.25) is 4.79 Å². The van der Waals surface area contributed by atoms with Crippen LogP contribution < -0.4 is 15.2 Å². The van der Waals surface area contributed by atoms with Gasteiger partial charge in [-0.1, -0.05) is 0 Å². The van der Waals surface area contributed by atoms with Crippen LogP contribution in [0, 0.1) is 11.8 Å². The molecule has 2 aliphatic carbocycles. The average Bonchev–Trinajstić information content (AvgIpc) is 3.72. The molecular formula is C31H38N6O4. The molecule has 10 heteroatoms. The Morgan fingerprint density at radius 3 is 2.54 bits per heavy atom. The van der Waals surface area contributed by atoms with Crippen LogP contribution in [0.5, 0.6) is 11.6 Å². The molecule has 1 unspecified atom stereocenters. The van der Waals surface area contributed by atoms with E-state index in [0.717, 1.165) is 78.9 Å². The van der Waals surface area contributed by atoms with Gasteiger partial charge in [-0.25, -0.2) is 4.98 Å². The molecule has 4 heterocycles. The first kappa shape index (κ1) is 26.3. The number of nitrogens with zero attached hydrogens (tertiary/aromatic N) is 5. The van der Waals surface area contributed by atoms with Gasteiger partial charge in [0.1, 0.15) is 16.9 Å². The number of nitrogens with two attached hydrogens (primary N) is 1. The molecule has 4 aromatic rings. The molecule has 3 atom stereocenters. The van der Waals surface area contributed by atoms with Gasteiger partial charge < -0.3 is 34.0 Å². The Labute approximate surface area is 239 Å². The Morgan fingerprint density at radius 1 is 1.05 bits per heavy atom. The number of methoxy groups -OCH3 is 3. The minimum atomic E-state index is 0.00449. The second-order valence-corrected chi connectivity index (χ2v) is 11.8. The Morgan fingerprint density at radius 2 is 1.88 bits per heavy atom. The van der Waals surface area contributed by atoms with E-state index >= 15 is 0 Å². The average molecular weight is 559 g/mol. The van der Waals surface area contributed by atoms with Crippen LogP contribution >= 0.6 is 0 Å². The molecule has 3 aromatic heterocycles. The number of fused-ring (bicyclic) bond motifs is 4. The monoisotopic (exact) mass is 558 g/mol. The molecule has 10 nitrogen and oxygen atoms in total.